The SMILES string of the molecule is Cc1ccccc1C(=O)NCC(=O)NC1CCCCCC1CO. The van der Waals surface area contributed by atoms with Gasteiger partial charge in [-0.3, -0.25) is 9.59 Å². The molecule has 0 aromatic heterocycles. The fraction of sp³-hybridized carbons (Fsp3) is 0.556. The highest BCUT2D eigenvalue weighted by atomic mass is 16.3. The molecule has 5 nitrogen and oxygen atoms in total. The van der Waals surface area contributed by atoms with Crippen molar-refractivity contribution in [3.63, 3.8) is 0 Å². The lowest BCUT2D eigenvalue weighted by molar-refractivity contribution is -0.121. The summed E-state index contributed by atoms with van der Waals surface area (Å²) in [6, 6.07) is 7.30. The Bertz CT molecular complexity index is 545. The zero-order valence-corrected chi connectivity index (χ0v) is 13.7. The van der Waals surface area contributed by atoms with Gasteiger partial charge >= 0.3 is 0 Å². The Balaban J connectivity index is 1.84. The van der Waals surface area contributed by atoms with Gasteiger partial charge in [0.15, 0.2) is 0 Å². The van der Waals surface area contributed by atoms with Gasteiger partial charge in [0.2, 0.25) is 5.91 Å². The number of nitrogens with one attached hydrogen (secondary N) is 2. The zero-order chi connectivity index (χ0) is 16.7. The predicted octanol–water partition coefficient (Wildman–Crippen LogP) is 1.78. The maximum Gasteiger partial charge on any atom is 0.251 e. The molecule has 0 saturated heterocycles. The van der Waals surface area contributed by atoms with Crippen LogP contribution in [0.5, 0.6) is 0 Å². The van der Waals surface area contributed by atoms with E-state index in [1.165, 1.54) is 0 Å². The number of carbonyl (C=O) groups excluding carboxylic acids is 2. The van der Waals surface area contributed by atoms with E-state index in [9.17, 15) is 14.7 Å². The first-order chi connectivity index (χ1) is 11.1. The van der Waals surface area contributed by atoms with Crippen LogP contribution in [0.25, 0.3) is 0 Å². The summed E-state index contributed by atoms with van der Waals surface area (Å²) in [4.78, 5) is 24.2. The van der Waals surface area contributed by atoms with E-state index in [4.69, 9.17) is 0 Å². The summed E-state index contributed by atoms with van der Waals surface area (Å²) in [5.41, 5.74) is 1.47. The van der Waals surface area contributed by atoms with Gasteiger partial charge in [0, 0.05) is 24.1 Å². The predicted molar refractivity (Wildman–Crippen MR) is 89.1 cm³/mol. The van der Waals surface area contributed by atoms with Gasteiger partial charge in [-0.25, -0.2) is 0 Å². The lowest BCUT2D eigenvalue weighted by Crippen LogP contribution is -2.45. The fourth-order valence-corrected chi connectivity index (χ4v) is 3.13. The molecular weight excluding hydrogens is 292 g/mol. The van der Waals surface area contributed by atoms with Crippen molar-refractivity contribution < 1.29 is 14.7 Å². The Kier molecular flexibility index (Phi) is 6.59. The smallest absolute Gasteiger partial charge is 0.251 e. The molecule has 1 aliphatic carbocycles. The number of benzene rings is 1. The minimum atomic E-state index is -0.238. The van der Waals surface area contributed by atoms with E-state index in [1.807, 2.05) is 19.1 Å². The summed E-state index contributed by atoms with van der Waals surface area (Å²) in [5, 5.41) is 15.1. The molecule has 1 saturated carbocycles. The quantitative estimate of drug-likeness (QED) is 0.724. The van der Waals surface area contributed by atoms with E-state index >= 15 is 0 Å². The summed E-state index contributed by atoms with van der Waals surface area (Å²) in [5.74, 6) is -0.316. The Morgan fingerprint density at radius 2 is 1.91 bits per heavy atom. The van der Waals surface area contributed by atoms with Crippen molar-refractivity contribution in [2.24, 2.45) is 5.92 Å². The molecule has 3 N–H and O–H groups in total. The second-order valence-corrected chi connectivity index (χ2v) is 6.25. The zero-order valence-electron chi connectivity index (χ0n) is 13.7. The lowest BCUT2D eigenvalue weighted by atomic mass is 9.95. The Hall–Kier alpha value is -1.88. The Labute approximate surface area is 137 Å². The third-order valence-corrected chi connectivity index (χ3v) is 4.54. The number of aliphatic hydroxyl groups is 1. The number of rotatable bonds is 5. The fourth-order valence-electron chi connectivity index (χ4n) is 3.13. The molecule has 0 aliphatic heterocycles. The van der Waals surface area contributed by atoms with Crippen LogP contribution in [0.1, 0.15) is 48.0 Å². The summed E-state index contributed by atoms with van der Waals surface area (Å²) < 4.78 is 0. The molecule has 1 aromatic carbocycles. The highest BCUT2D eigenvalue weighted by Gasteiger charge is 2.24. The monoisotopic (exact) mass is 318 g/mol. The van der Waals surface area contributed by atoms with Gasteiger partial charge in [0.25, 0.3) is 5.91 Å². The second kappa shape index (κ2) is 8.67. The topological polar surface area (TPSA) is 78.4 Å². The van der Waals surface area contributed by atoms with Gasteiger partial charge in [-0.15, -0.1) is 0 Å². The molecule has 0 radical (unpaired) electrons. The van der Waals surface area contributed by atoms with Crippen LogP contribution in [0.4, 0.5) is 0 Å². The van der Waals surface area contributed by atoms with Gasteiger partial charge in [0.1, 0.15) is 0 Å². The van der Waals surface area contributed by atoms with E-state index in [-0.39, 0.29) is 36.9 Å². The van der Waals surface area contributed by atoms with Crippen molar-refractivity contribution in [3.05, 3.63) is 35.4 Å². The average molecular weight is 318 g/mol. The molecule has 0 heterocycles. The maximum atomic E-state index is 12.1. The van der Waals surface area contributed by atoms with Crippen LogP contribution in [0.3, 0.4) is 0 Å². The molecule has 2 unspecified atom stereocenters. The van der Waals surface area contributed by atoms with Gasteiger partial charge in [-0.05, 0) is 31.4 Å². The van der Waals surface area contributed by atoms with Gasteiger partial charge in [-0.1, -0.05) is 37.5 Å². The highest BCUT2D eigenvalue weighted by molar-refractivity contribution is 5.97. The van der Waals surface area contributed by atoms with E-state index in [2.05, 4.69) is 10.6 Å². The second-order valence-electron chi connectivity index (χ2n) is 6.25. The van der Waals surface area contributed by atoms with Crippen LogP contribution >= 0.6 is 0 Å². The van der Waals surface area contributed by atoms with Gasteiger partial charge in [0.05, 0.1) is 6.54 Å². The van der Waals surface area contributed by atoms with Crippen molar-refractivity contribution in [1.29, 1.82) is 0 Å². The van der Waals surface area contributed by atoms with Crippen molar-refractivity contribution >= 4 is 11.8 Å². The minimum absolute atomic E-state index is 0.00497. The van der Waals surface area contributed by atoms with Crippen molar-refractivity contribution in [2.45, 2.75) is 45.1 Å². The van der Waals surface area contributed by atoms with Gasteiger partial charge < -0.3 is 15.7 Å². The van der Waals surface area contributed by atoms with Crippen LogP contribution < -0.4 is 10.6 Å². The molecule has 2 amide bonds. The van der Waals surface area contributed by atoms with E-state index in [0.29, 0.717) is 5.56 Å². The molecular formula is C18H26N2O3. The van der Waals surface area contributed by atoms with Crippen LogP contribution in [0.2, 0.25) is 0 Å². The van der Waals surface area contributed by atoms with Crippen LogP contribution in [-0.2, 0) is 4.79 Å². The largest absolute Gasteiger partial charge is 0.396 e. The van der Waals surface area contributed by atoms with Gasteiger partial charge in [-0.2, -0.15) is 0 Å². The van der Waals surface area contributed by atoms with Crippen molar-refractivity contribution in [3.8, 4) is 0 Å². The molecule has 1 fully saturated rings. The molecule has 0 spiro atoms. The summed E-state index contributed by atoms with van der Waals surface area (Å²) in [6.07, 6.45) is 5.14. The molecule has 2 atom stereocenters. The Morgan fingerprint density at radius 3 is 2.65 bits per heavy atom. The number of carbonyl (C=O) groups is 2. The molecule has 23 heavy (non-hydrogen) atoms. The van der Waals surface area contributed by atoms with E-state index in [1.54, 1.807) is 12.1 Å². The molecule has 1 aliphatic rings. The first-order valence-corrected chi connectivity index (χ1v) is 8.36. The standard InChI is InChI=1S/C18H26N2O3/c1-13-7-5-6-9-15(13)18(23)19-11-17(22)20-16-10-4-2-3-8-14(16)12-21/h5-7,9,14,16,21H,2-4,8,10-12H2,1H3,(H,19,23)(H,20,22). The molecule has 0 bridgehead atoms. The number of hydrogen-bond donors (Lipinski definition) is 3. The third-order valence-electron chi connectivity index (χ3n) is 4.54. The molecule has 5 heteroatoms. The Morgan fingerprint density at radius 1 is 1.17 bits per heavy atom. The first-order valence-electron chi connectivity index (χ1n) is 8.36. The number of amides is 2. The minimum Gasteiger partial charge on any atom is -0.396 e. The van der Waals surface area contributed by atoms with Crippen LogP contribution in [0.15, 0.2) is 24.3 Å². The summed E-state index contributed by atoms with van der Waals surface area (Å²) in [6.45, 7) is 1.93. The molecule has 2 rings (SSSR count). The third kappa shape index (κ3) is 5.06. The average Bonchev–Trinajstić information content (AvgIpc) is 2.78. The molecule has 1 aromatic rings. The number of hydrogen-bond acceptors (Lipinski definition) is 3. The van der Waals surface area contributed by atoms with Crippen molar-refractivity contribution in [2.75, 3.05) is 13.2 Å². The maximum absolute atomic E-state index is 12.1. The number of aryl methyl sites for hydroxylation is 1. The normalized spacial score (nSPS) is 21.3. The number of aliphatic hydroxyl groups excluding tert-OH is 1. The lowest BCUT2D eigenvalue weighted by Gasteiger charge is -2.24. The van der Waals surface area contributed by atoms with Crippen LogP contribution in [0, 0.1) is 12.8 Å². The van der Waals surface area contributed by atoms with Crippen LogP contribution in [-0.4, -0.2) is 36.1 Å². The summed E-state index contributed by atoms with van der Waals surface area (Å²) in [7, 11) is 0. The van der Waals surface area contributed by atoms with E-state index in [0.717, 1.165) is 37.7 Å². The first kappa shape index (κ1) is 17.5. The molecule has 126 valence electrons. The van der Waals surface area contributed by atoms with E-state index < -0.39 is 0 Å². The summed E-state index contributed by atoms with van der Waals surface area (Å²) >= 11 is 0. The highest BCUT2D eigenvalue weighted by Crippen LogP contribution is 2.23. The van der Waals surface area contributed by atoms with Crippen molar-refractivity contribution in [1.82, 2.24) is 10.6 Å².